The number of amides is 1. The molecule has 0 saturated carbocycles. The molecule has 0 radical (unpaired) electrons. The van der Waals surface area contributed by atoms with Crippen molar-refractivity contribution >= 4 is 58.4 Å². The van der Waals surface area contributed by atoms with Crippen molar-refractivity contribution in [3.63, 3.8) is 0 Å². The van der Waals surface area contributed by atoms with Crippen LogP contribution in [0.2, 0.25) is 0 Å². The van der Waals surface area contributed by atoms with Crippen LogP contribution in [0.1, 0.15) is 14.6 Å². The maximum absolute atomic E-state index is 12.7. The monoisotopic (exact) mass is 590 g/mol. The maximum Gasteiger partial charge on any atom is 1.00 e. The Morgan fingerprint density at radius 2 is 1.33 bits per heavy atom. The van der Waals surface area contributed by atoms with Gasteiger partial charge in [-0.05, 0) is 36.4 Å². The summed E-state index contributed by atoms with van der Waals surface area (Å²) < 4.78 is 97.7. The first kappa shape index (κ1) is 35.7. The van der Waals surface area contributed by atoms with Gasteiger partial charge in [-0.1, -0.05) is 0 Å². The zero-order valence-electron chi connectivity index (χ0n) is 22.0. The van der Waals surface area contributed by atoms with Gasteiger partial charge in [0.25, 0.3) is 36.3 Å². The van der Waals surface area contributed by atoms with E-state index in [9.17, 15) is 48.8 Å². The molecule has 0 unspecified atom stereocenters. The van der Waals surface area contributed by atoms with Crippen LogP contribution in [0.5, 0.6) is 5.75 Å². The molecule has 0 fully saturated rings. The average Bonchev–Trinajstić information content (AvgIpc) is 2.65. The number of nitrogens with one attached hydrogen (secondary N) is 1. The van der Waals surface area contributed by atoms with Crippen molar-refractivity contribution in [1.29, 1.82) is 0 Å². The number of hydrogen-bond acceptors (Lipinski definition) is 9. The fourth-order valence-electron chi connectivity index (χ4n) is 3.02. The third kappa shape index (κ3) is 7.87. The second kappa shape index (κ2) is 12.7. The van der Waals surface area contributed by atoms with Crippen LogP contribution in [-0.2, 0) is 30.4 Å². The van der Waals surface area contributed by atoms with E-state index in [1.807, 2.05) is 0 Å². The quantitative estimate of drug-likeness (QED) is 0.0923. The minimum atomic E-state index is -4.96. The van der Waals surface area contributed by atoms with E-state index in [0.717, 1.165) is 24.3 Å². The Morgan fingerprint density at radius 1 is 0.778 bits per heavy atom. The van der Waals surface area contributed by atoms with Crippen LogP contribution in [-0.4, -0.2) is 49.9 Å². The van der Waals surface area contributed by atoms with Crippen molar-refractivity contribution in [3.05, 3.63) is 48.0 Å². The molecule has 3 aromatic rings. The number of nitrogen functional groups attached to an aromatic ring is 1. The van der Waals surface area contributed by atoms with Crippen LogP contribution in [0, 0.1) is 0 Å². The van der Waals surface area contributed by atoms with Gasteiger partial charge in [0.15, 0.2) is 0 Å². The Balaban J connectivity index is -0.00000102. The second-order valence-electron chi connectivity index (χ2n) is 6.61. The molecule has 0 atom stereocenters. The van der Waals surface area contributed by atoms with Crippen LogP contribution in [0.3, 0.4) is 0 Å². The molecular formula is C17H17N2Na3O11S3. The molecule has 3 aromatic carbocycles. The van der Waals surface area contributed by atoms with Crippen LogP contribution in [0.4, 0.5) is 11.4 Å². The van der Waals surface area contributed by atoms with Crippen molar-refractivity contribution < 1.29 is 142 Å². The SMILES string of the molecule is Nc1ccc(C(=O)Nc2ccc(S(=O)(=O)O)c3cc(S(=O)(=O)O)cc(O)c23)c(S(=O)(=O)O)c1.[H-].[H-].[H-].[Na+].[Na+].[Na+]. The van der Waals surface area contributed by atoms with E-state index in [1.165, 1.54) is 6.07 Å². The number of benzene rings is 3. The molecule has 0 aliphatic heterocycles. The maximum atomic E-state index is 12.7. The molecule has 182 valence electrons. The predicted molar refractivity (Wildman–Crippen MR) is 117 cm³/mol. The number of fused-ring (bicyclic) bond motifs is 1. The van der Waals surface area contributed by atoms with Gasteiger partial charge in [0.1, 0.15) is 15.5 Å². The first-order valence-corrected chi connectivity index (χ1v) is 12.8. The summed E-state index contributed by atoms with van der Waals surface area (Å²) in [6.07, 6.45) is 0. The third-order valence-electron chi connectivity index (χ3n) is 4.38. The summed E-state index contributed by atoms with van der Waals surface area (Å²) in [5.41, 5.74) is 4.51. The molecule has 0 saturated heterocycles. The van der Waals surface area contributed by atoms with E-state index in [-0.39, 0.29) is 104 Å². The number of carbonyl (C=O) groups excluding carboxylic acids is 1. The molecule has 0 heterocycles. The van der Waals surface area contributed by atoms with Crippen LogP contribution < -0.4 is 99.7 Å². The Morgan fingerprint density at radius 3 is 1.83 bits per heavy atom. The minimum absolute atomic E-state index is 0. The Hall–Kier alpha value is -0.280. The van der Waals surface area contributed by atoms with Crippen molar-refractivity contribution in [2.75, 3.05) is 11.1 Å². The minimum Gasteiger partial charge on any atom is -1.00 e. The zero-order chi connectivity index (χ0) is 24.9. The number of hydrogen-bond donors (Lipinski definition) is 6. The standard InChI is InChI=1S/C17H14N2O11S3.3Na.3H/c18-8-1-2-10(15(5-8)33(28,29)30)17(21)19-12-3-4-14(32(25,26)27)11-6-9(31(22,23)24)7-13(20)16(11)12;;;;;;/h1-7,20H,18H2,(H,19,21)(H,22,23,24)(H,25,26,27)(H,28,29,30);;;;;;/q;3*+1;3*-1. The summed E-state index contributed by atoms with van der Waals surface area (Å²) in [5, 5.41) is 11.5. The first-order valence-electron chi connectivity index (χ1n) is 8.43. The average molecular weight is 590 g/mol. The summed E-state index contributed by atoms with van der Waals surface area (Å²) in [7, 11) is -14.8. The van der Waals surface area contributed by atoms with Crippen molar-refractivity contribution in [2.24, 2.45) is 0 Å². The molecule has 0 spiro atoms. The second-order valence-corrected chi connectivity index (χ2v) is 10.8. The van der Waals surface area contributed by atoms with Gasteiger partial charge in [-0.3, -0.25) is 18.5 Å². The van der Waals surface area contributed by atoms with Crippen molar-refractivity contribution in [1.82, 2.24) is 0 Å². The summed E-state index contributed by atoms with van der Waals surface area (Å²) in [6.45, 7) is 0. The molecule has 0 aliphatic carbocycles. The molecular weight excluding hydrogens is 573 g/mol. The van der Waals surface area contributed by atoms with Gasteiger partial charge in [-0.2, -0.15) is 25.3 Å². The van der Waals surface area contributed by atoms with Gasteiger partial charge >= 0.3 is 88.7 Å². The normalized spacial score (nSPS) is 11.5. The molecule has 7 N–H and O–H groups in total. The number of aromatic hydroxyl groups is 1. The summed E-state index contributed by atoms with van der Waals surface area (Å²) in [5.74, 6) is -2.05. The van der Waals surface area contributed by atoms with E-state index in [4.69, 9.17) is 5.73 Å². The largest absolute Gasteiger partial charge is 1.00 e. The molecule has 3 rings (SSSR count). The van der Waals surface area contributed by atoms with Gasteiger partial charge < -0.3 is 20.4 Å². The van der Waals surface area contributed by atoms with Gasteiger partial charge in [0.05, 0.1) is 16.1 Å². The number of rotatable bonds is 5. The van der Waals surface area contributed by atoms with Crippen molar-refractivity contribution in [3.8, 4) is 5.75 Å². The predicted octanol–water partition coefficient (Wildman–Crippen LogP) is -7.53. The molecule has 0 aliphatic rings. The first-order chi connectivity index (χ1) is 15.0. The third-order valence-corrected chi connectivity index (χ3v) is 7.02. The fraction of sp³-hybridized carbons (Fsp3) is 0. The molecule has 13 nitrogen and oxygen atoms in total. The number of phenols is 1. The summed E-state index contributed by atoms with van der Waals surface area (Å²) >= 11 is 0. The van der Waals surface area contributed by atoms with E-state index in [1.54, 1.807) is 0 Å². The molecule has 19 heteroatoms. The van der Waals surface area contributed by atoms with Crippen LogP contribution in [0.15, 0.2) is 57.2 Å². The zero-order valence-corrected chi connectivity index (χ0v) is 27.4. The fourth-order valence-corrected chi connectivity index (χ4v) is 4.95. The molecule has 36 heavy (non-hydrogen) atoms. The van der Waals surface area contributed by atoms with Crippen molar-refractivity contribution in [2.45, 2.75) is 14.7 Å². The van der Waals surface area contributed by atoms with Crippen LogP contribution >= 0.6 is 0 Å². The summed E-state index contributed by atoms with van der Waals surface area (Å²) in [4.78, 5) is 10.1. The topological polar surface area (TPSA) is 238 Å². The van der Waals surface area contributed by atoms with Gasteiger partial charge in [0.2, 0.25) is 0 Å². The van der Waals surface area contributed by atoms with E-state index >= 15 is 0 Å². The van der Waals surface area contributed by atoms with Gasteiger partial charge in [-0.25, -0.2) is 0 Å². The van der Waals surface area contributed by atoms with E-state index in [0.29, 0.717) is 12.1 Å². The van der Waals surface area contributed by atoms with E-state index in [2.05, 4.69) is 5.32 Å². The molecule has 0 bridgehead atoms. The Kier molecular flexibility index (Phi) is 12.6. The molecule has 1 amide bonds. The van der Waals surface area contributed by atoms with Crippen LogP contribution in [0.25, 0.3) is 10.8 Å². The number of carbonyl (C=O) groups is 1. The Labute approximate surface area is 276 Å². The molecule has 0 aromatic heterocycles. The Bertz CT molecular complexity index is 1680. The van der Waals surface area contributed by atoms with Gasteiger partial charge in [-0.15, -0.1) is 0 Å². The summed E-state index contributed by atoms with van der Waals surface area (Å²) in [6, 6.07) is 5.87. The van der Waals surface area contributed by atoms with Gasteiger partial charge in [0, 0.05) is 22.5 Å². The number of phenolic OH excluding ortho intramolecular Hbond substituents is 1. The number of anilines is 2. The number of nitrogens with two attached hydrogens (primary N) is 1. The van der Waals surface area contributed by atoms with E-state index < -0.39 is 73.0 Å². The smallest absolute Gasteiger partial charge is 1.00 e.